The van der Waals surface area contributed by atoms with Crippen LogP contribution in [0.25, 0.3) is 0 Å². The molecule has 0 aliphatic rings. The van der Waals surface area contributed by atoms with E-state index in [1.54, 1.807) is 0 Å². The van der Waals surface area contributed by atoms with Gasteiger partial charge in [0.15, 0.2) is 0 Å². The zero-order valence-corrected chi connectivity index (χ0v) is 8.86. The van der Waals surface area contributed by atoms with Crippen LogP contribution in [0, 0.1) is 0 Å². The van der Waals surface area contributed by atoms with E-state index in [-0.39, 0.29) is 47.9 Å². The quantitative estimate of drug-likeness (QED) is 0.249. The van der Waals surface area contributed by atoms with E-state index < -0.39 is 7.82 Å². The van der Waals surface area contributed by atoms with Crippen LogP contribution in [0.15, 0.2) is 0 Å². The van der Waals surface area contributed by atoms with Gasteiger partial charge >= 0.3 is 23.9 Å². The molecule has 0 N–H and O–H groups in total. The van der Waals surface area contributed by atoms with E-state index in [1.165, 1.54) is 0 Å². The first-order valence-electron chi connectivity index (χ1n) is 0.730. The molecule has 0 saturated carbocycles. The minimum absolute atomic E-state index is 0. The molecule has 0 aromatic carbocycles. The molecule has 0 heterocycles. The van der Waals surface area contributed by atoms with Crippen LogP contribution in [-0.4, -0.2) is 23.9 Å². The molecule has 0 bridgehead atoms. The van der Waals surface area contributed by atoms with Gasteiger partial charge in [0.05, 0.1) is 0 Å². The second-order valence-corrected chi connectivity index (χ2v) is 1.34. The van der Waals surface area contributed by atoms with Gasteiger partial charge in [-0.1, -0.05) is 0 Å². The van der Waals surface area contributed by atoms with Crippen molar-refractivity contribution in [2.24, 2.45) is 0 Å². The van der Waals surface area contributed by atoms with Crippen LogP contribution in [-0.2, 0) is 4.57 Å². The molecule has 0 saturated heterocycles. The Morgan fingerprint density at radius 3 is 1.14 bits per heavy atom. The molecule has 0 fully saturated rings. The zero-order valence-electron chi connectivity index (χ0n) is 2.96. The van der Waals surface area contributed by atoms with Crippen LogP contribution in [0.1, 0.15) is 0 Å². The van der Waals surface area contributed by atoms with Gasteiger partial charge in [-0.3, -0.25) is 0 Å². The minimum Gasteiger partial charge on any atom is -1.00 e. The Bertz CT molecular complexity index is 57.8. The number of hydrogen-bond acceptors (Lipinski definition) is 4. The Balaban J connectivity index is -0.0000000800. The summed E-state index contributed by atoms with van der Waals surface area (Å²) in [5.74, 6) is 0. The van der Waals surface area contributed by atoms with E-state index in [2.05, 4.69) is 0 Å². The molecule has 4 nitrogen and oxygen atoms in total. The fourth-order valence-corrected chi connectivity index (χ4v) is 0. The molecule has 7 heavy (non-hydrogen) atoms. The third-order valence-corrected chi connectivity index (χ3v) is 0. The number of halogens is 1. The second-order valence-electron chi connectivity index (χ2n) is 0.447. The summed E-state index contributed by atoms with van der Waals surface area (Å²) in [5, 5.41) is 0. The summed E-state index contributed by atoms with van der Waals surface area (Å²) in [7, 11) is -5.39. The normalized spacial score (nSPS) is 8.43. The van der Waals surface area contributed by atoms with Gasteiger partial charge in [-0.2, -0.15) is 7.82 Å². The Morgan fingerprint density at radius 1 is 1.14 bits per heavy atom. The van der Waals surface area contributed by atoms with Crippen LogP contribution in [0.3, 0.4) is 0 Å². The van der Waals surface area contributed by atoms with Gasteiger partial charge in [-0.05, 0) is 0 Å². The molecule has 0 aliphatic carbocycles. The Morgan fingerprint density at radius 2 is 1.14 bits per heavy atom. The molecule has 0 rings (SSSR count). The Labute approximate surface area is 74.5 Å². The van der Waals surface area contributed by atoms with Gasteiger partial charge < -0.3 is 43.2 Å². The zero-order chi connectivity index (χ0) is 4.50. The van der Waals surface area contributed by atoms with Gasteiger partial charge in [-0.25, -0.2) is 0 Å². The average Bonchev–Trinajstić information content (AvgIpc) is 0.722. The molecule has 0 aromatic heterocycles. The Kier molecular flexibility index (Phi) is 13.1. The smallest absolute Gasteiger partial charge is 1.00 e. The van der Waals surface area contributed by atoms with Gasteiger partial charge in [0.25, 0.3) is 0 Å². The predicted octanol–water partition coefficient (Wildman–Crippen LogP) is -6.20. The van der Waals surface area contributed by atoms with Gasteiger partial charge in [0, 0.05) is 0 Å². The van der Waals surface area contributed by atoms with Gasteiger partial charge in [-0.15, -0.1) is 0 Å². The van der Waals surface area contributed by atoms with Crippen molar-refractivity contribution in [3.05, 3.63) is 0 Å². The third-order valence-electron chi connectivity index (χ3n) is 0. The van der Waals surface area contributed by atoms with Crippen molar-refractivity contribution in [1.82, 2.24) is 0 Å². The van der Waals surface area contributed by atoms with Crippen LogP contribution in [0.2, 0.25) is 0 Å². The second kappa shape index (κ2) is 5.77. The first-order valence-corrected chi connectivity index (χ1v) is 2.19. The SMILES string of the molecule is O=P([O-])([O-])[O-].[I-].[Sn+4]. The molecule has 0 radical (unpaired) electrons. The van der Waals surface area contributed by atoms with Crippen molar-refractivity contribution in [3.8, 4) is 0 Å². The molecular weight excluding hydrogens is 341 g/mol. The first kappa shape index (κ1) is 15.9. The van der Waals surface area contributed by atoms with Crippen molar-refractivity contribution in [2.45, 2.75) is 0 Å². The molecule has 0 atom stereocenters. The molecule has 0 aromatic rings. The van der Waals surface area contributed by atoms with E-state index in [9.17, 15) is 0 Å². The molecule has 40 valence electrons. The molecule has 0 spiro atoms. The van der Waals surface area contributed by atoms with Crippen molar-refractivity contribution < 1.29 is 43.2 Å². The maximum Gasteiger partial charge on any atom is 4.00 e. The minimum atomic E-state index is -5.39. The van der Waals surface area contributed by atoms with Gasteiger partial charge in [0.1, 0.15) is 0 Å². The summed E-state index contributed by atoms with van der Waals surface area (Å²) in [6.45, 7) is 0. The van der Waals surface area contributed by atoms with E-state index in [0.717, 1.165) is 0 Å². The molecule has 0 unspecified atom stereocenters. The van der Waals surface area contributed by atoms with Crippen molar-refractivity contribution in [1.29, 1.82) is 0 Å². The van der Waals surface area contributed by atoms with Crippen molar-refractivity contribution in [2.75, 3.05) is 0 Å². The maximum absolute atomic E-state index is 8.55. The number of phosphoric acid groups is 1. The summed E-state index contributed by atoms with van der Waals surface area (Å²) in [5.41, 5.74) is 0. The largest absolute Gasteiger partial charge is 4.00 e. The third kappa shape index (κ3) is 90.4. The van der Waals surface area contributed by atoms with Crippen molar-refractivity contribution >= 4 is 31.7 Å². The fourth-order valence-electron chi connectivity index (χ4n) is 0. The fraction of sp³-hybridized carbons (Fsp3) is 0. The standard InChI is InChI=1S/HI.H3O4P.Sn/c;1-5(2,3)4;/h1H;(H3,1,2,3,4);/q;;+4/p-4. The van der Waals surface area contributed by atoms with E-state index in [1.807, 2.05) is 0 Å². The molecule has 7 heteroatoms. The number of rotatable bonds is 0. The first-order chi connectivity index (χ1) is 2.00. The summed E-state index contributed by atoms with van der Waals surface area (Å²) in [6, 6.07) is 0. The van der Waals surface area contributed by atoms with E-state index in [4.69, 9.17) is 19.2 Å². The molecule has 0 amide bonds. The molecular formula is IO4PSn. The van der Waals surface area contributed by atoms with Crippen molar-refractivity contribution in [3.63, 3.8) is 0 Å². The van der Waals surface area contributed by atoms with E-state index in [0.29, 0.717) is 0 Å². The monoisotopic (exact) mass is 342 g/mol. The summed E-state index contributed by atoms with van der Waals surface area (Å²) in [4.78, 5) is 25.6. The van der Waals surface area contributed by atoms with Crippen LogP contribution < -0.4 is 38.7 Å². The van der Waals surface area contributed by atoms with Crippen LogP contribution in [0.5, 0.6) is 0 Å². The predicted molar refractivity (Wildman–Crippen MR) is 13.4 cm³/mol. The van der Waals surface area contributed by atoms with Crippen LogP contribution >= 0.6 is 7.82 Å². The molecule has 0 aliphatic heterocycles. The van der Waals surface area contributed by atoms with E-state index >= 15 is 0 Å². The topological polar surface area (TPSA) is 86.2 Å². The van der Waals surface area contributed by atoms with Gasteiger partial charge in [0.2, 0.25) is 0 Å². The summed E-state index contributed by atoms with van der Waals surface area (Å²) < 4.78 is 8.55. The maximum atomic E-state index is 8.55. The van der Waals surface area contributed by atoms with Crippen LogP contribution in [0.4, 0.5) is 0 Å². The number of hydrogen-bond donors (Lipinski definition) is 0. The average molecular weight is 341 g/mol. The Hall–Kier alpha value is 1.64. The summed E-state index contributed by atoms with van der Waals surface area (Å²) >= 11 is 0. The summed E-state index contributed by atoms with van der Waals surface area (Å²) in [6.07, 6.45) is 0.